The summed E-state index contributed by atoms with van der Waals surface area (Å²) in [5.74, 6) is 0.724. The van der Waals surface area contributed by atoms with Crippen LogP contribution in [0.15, 0.2) is 48.5 Å². The smallest absolute Gasteiger partial charge is 0.261 e. The first-order valence-electron chi connectivity index (χ1n) is 10.6. The maximum absolute atomic E-state index is 12.4. The number of hydrogen-bond acceptors (Lipinski definition) is 5. The van der Waals surface area contributed by atoms with Gasteiger partial charge in [-0.05, 0) is 43.7 Å². The molecule has 1 saturated heterocycles. The fraction of sp³-hybridized carbons (Fsp3) is 0.348. The molecule has 30 heavy (non-hydrogen) atoms. The molecule has 0 spiro atoms. The lowest BCUT2D eigenvalue weighted by Gasteiger charge is -2.35. The first-order chi connectivity index (χ1) is 14.7. The summed E-state index contributed by atoms with van der Waals surface area (Å²) in [7, 11) is 0. The van der Waals surface area contributed by atoms with E-state index in [1.54, 1.807) is 24.3 Å². The van der Waals surface area contributed by atoms with Crippen molar-refractivity contribution in [3.63, 3.8) is 0 Å². The molecule has 2 aliphatic rings. The van der Waals surface area contributed by atoms with Gasteiger partial charge in [0, 0.05) is 38.1 Å². The zero-order valence-electron chi connectivity index (χ0n) is 16.9. The van der Waals surface area contributed by atoms with E-state index in [0.29, 0.717) is 17.7 Å². The summed E-state index contributed by atoms with van der Waals surface area (Å²) in [6.07, 6.45) is 1.80. The van der Waals surface area contributed by atoms with Crippen LogP contribution in [0.4, 0.5) is 5.82 Å². The number of nitrogens with zero attached hydrogens (tertiary/aromatic N) is 4. The molecule has 0 aliphatic carbocycles. The van der Waals surface area contributed by atoms with E-state index in [0.717, 1.165) is 56.9 Å². The minimum Gasteiger partial charge on any atom is -0.352 e. The van der Waals surface area contributed by atoms with Crippen LogP contribution in [0, 0.1) is 0 Å². The van der Waals surface area contributed by atoms with E-state index in [2.05, 4.69) is 32.1 Å². The fourth-order valence-electron chi connectivity index (χ4n) is 4.42. The molecule has 3 heterocycles. The molecule has 154 valence electrons. The average Bonchev–Trinajstić information content (AvgIpc) is 3.32. The zero-order valence-corrected chi connectivity index (χ0v) is 16.9. The lowest BCUT2D eigenvalue weighted by Crippen LogP contribution is -2.47. The highest BCUT2D eigenvalue weighted by Crippen LogP contribution is 2.25. The van der Waals surface area contributed by atoms with Gasteiger partial charge >= 0.3 is 0 Å². The van der Waals surface area contributed by atoms with E-state index in [9.17, 15) is 9.59 Å². The molecule has 0 saturated carbocycles. The van der Waals surface area contributed by atoms with Crippen molar-refractivity contribution in [2.45, 2.75) is 12.8 Å². The Morgan fingerprint density at radius 3 is 2.17 bits per heavy atom. The number of benzene rings is 2. The van der Waals surface area contributed by atoms with Crippen LogP contribution in [0.3, 0.4) is 0 Å². The van der Waals surface area contributed by atoms with Crippen molar-refractivity contribution < 1.29 is 9.59 Å². The zero-order chi connectivity index (χ0) is 20.5. The highest BCUT2D eigenvalue weighted by molar-refractivity contribution is 6.21. The quantitative estimate of drug-likeness (QED) is 0.506. The topological polar surface area (TPSA) is 72.5 Å². The maximum Gasteiger partial charge on any atom is 0.261 e. The van der Waals surface area contributed by atoms with Gasteiger partial charge in [-0.2, -0.15) is 5.10 Å². The first kappa shape index (κ1) is 18.8. The summed E-state index contributed by atoms with van der Waals surface area (Å²) in [6.45, 7) is 5.37. The predicted molar refractivity (Wildman–Crippen MR) is 116 cm³/mol. The normalized spacial score (nSPS) is 17.2. The summed E-state index contributed by atoms with van der Waals surface area (Å²) in [4.78, 5) is 31.0. The van der Waals surface area contributed by atoms with Gasteiger partial charge in [0.25, 0.3) is 11.8 Å². The van der Waals surface area contributed by atoms with Crippen LogP contribution >= 0.6 is 0 Å². The van der Waals surface area contributed by atoms with E-state index in [4.69, 9.17) is 0 Å². The summed E-state index contributed by atoms with van der Waals surface area (Å²) in [5.41, 5.74) is 2.14. The van der Waals surface area contributed by atoms with Gasteiger partial charge in [-0.15, -0.1) is 0 Å². The second-order valence-electron chi connectivity index (χ2n) is 7.94. The summed E-state index contributed by atoms with van der Waals surface area (Å²) >= 11 is 0. The molecule has 7 heteroatoms. The summed E-state index contributed by atoms with van der Waals surface area (Å²) in [6, 6.07) is 15.3. The van der Waals surface area contributed by atoms with Crippen LogP contribution in [-0.4, -0.2) is 71.1 Å². The Morgan fingerprint density at radius 2 is 1.43 bits per heavy atom. The van der Waals surface area contributed by atoms with Crippen LogP contribution in [0.5, 0.6) is 0 Å². The van der Waals surface area contributed by atoms with Crippen molar-refractivity contribution in [2.75, 3.05) is 44.2 Å². The number of anilines is 1. The number of piperazine rings is 1. The molecule has 7 nitrogen and oxygen atoms in total. The fourth-order valence-corrected chi connectivity index (χ4v) is 4.42. The molecule has 2 aromatic carbocycles. The van der Waals surface area contributed by atoms with Crippen LogP contribution in [-0.2, 0) is 0 Å². The van der Waals surface area contributed by atoms with Gasteiger partial charge in [-0.1, -0.05) is 24.3 Å². The number of rotatable bonds is 6. The maximum atomic E-state index is 12.4. The van der Waals surface area contributed by atoms with E-state index in [1.165, 1.54) is 10.3 Å². The number of carbonyl (C=O) groups excluding carboxylic acids is 2. The SMILES string of the molecule is O=C1c2ccccc2C(=O)N1CCCCN1CCN(c2n[nH]c3ccccc23)CC1. The van der Waals surface area contributed by atoms with E-state index in [-0.39, 0.29) is 11.8 Å². The molecule has 5 rings (SSSR count). The number of unbranched alkanes of at least 4 members (excludes halogenated alkanes) is 1. The number of H-pyrrole nitrogens is 1. The Hall–Kier alpha value is -3.19. The van der Waals surface area contributed by atoms with Crippen LogP contribution in [0.2, 0.25) is 0 Å². The third-order valence-corrected chi connectivity index (χ3v) is 6.11. The predicted octanol–water partition coefficient (Wildman–Crippen LogP) is 2.76. The van der Waals surface area contributed by atoms with E-state index in [1.807, 2.05) is 12.1 Å². The third kappa shape index (κ3) is 3.35. The van der Waals surface area contributed by atoms with Crippen molar-refractivity contribution in [3.8, 4) is 0 Å². The van der Waals surface area contributed by atoms with Crippen molar-refractivity contribution in [2.24, 2.45) is 0 Å². The van der Waals surface area contributed by atoms with Gasteiger partial charge in [-0.3, -0.25) is 24.5 Å². The van der Waals surface area contributed by atoms with Gasteiger partial charge < -0.3 is 4.90 Å². The molecule has 2 aliphatic heterocycles. The average molecular weight is 403 g/mol. The Morgan fingerprint density at radius 1 is 0.800 bits per heavy atom. The summed E-state index contributed by atoms with van der Waals surface area (Å²) in [5, 5.41) is 8.80. The number of aromatic amines is 1. The molecule has 1 fully saturated rings. The molecule has 0 radical (unpaired) electrons. The monoisotopic (exact) mass is 403 g/mol. The Labute approximate surface area is 175 Å². The number of imide groups is 1. The molecular weight excluding hydrogens is 378 g/mol. The lowest BCUT2D eigenvalue weighted by atomic mass is 10.1. The second kappa shape index (κ2) is 7.91. The molecule has 0 atom stereocenters. The van der Waals surface area contributed by atoms with Gasteiger partial charge in [0.15, 0.2) is 5.82 Å². The first-order valence-corrected chi connectivity index (χ1v) is 10.6. The van der Waals surface area contributed by atoms with Gasteiger partial charge in [0.2, 0.25) is 0 Å². The van der Waals surface area contributed by atoms with Crippen LogP contribution in [0.25, 0.3) is 10.9 Å². The van der Waals surface area contributed by atoms with Gasteiger partial charge in [-0.25, -0.2) is 0 Å². The van der Waals surface area contributed by atoms with E-state index >= 15 is 0 Å². The molecule has 1 aromatic heterocycles. The van der Waals surface area contributed by atoms with Crippen molar-refractivity contribution >= 4 is 28.5 Å². The van der Waals surface area contributed by atoms with Crippen molar-refractivity contribution in [3.05, 3.63) is 59.7 Å². The van der Waals surface area contributed by atoms with Crippen molar-refractivity contribution in [1.29, 1.82) is 0 Å². The number of nitrogens with one attached hydrogen (secondary N) is 1. The highest BCUT2D eigenvalue weighted by atomic mass is 16.2. The Kier molecular flexibility index (Phi) is 4.96. The van der Waals surface area contributed by atoms with Crippen LogP contribution < -0.4 is 4.90 Å². The Balaban J connectivity index is 1.08. The number of amides is 2. The number of fused-ring (bicyclic) bond motifs is 2. The molecule has 0 bridgehead atoms. The number of aromatic nitrogens is 2. The largest absolute Gasteiger partial charge is 0.352 e. The van der Waals surface area contributed by atoms with Gasteiger partial charge in [0.05, 0.1) is 16.6 Å². The molecule has 0 unspecified atom stereocenters. The number of hydrogen-bond donors (Lipinski definition) is 1. The molecular formula is C23H25N5O2. The number of para-hydroxylation sites is 1. The van der Waals surface area contributed by atoms with Gasteiger partial charge in [0.1, 0.15) is 0 Å². The van der Waals surface area contributed by atoms with E-state index < -0.39 is 0 Å². The third-order valence-electron chi connectivity index (χ3n) is 6.11. The minimum atomic E-state index is -0.157. The molecule has 3 aromatic rings. The minimum absolute atomic E-state index is 0.157. The van der Waals surface area contributed by atoms with Crippen molar-refractivity contribution in [1.82, 2.24) is 20.0 Å². The highest BCUT2D eigenvalue weighted by Gasteiger charge is 2.34. The summed E-state index contributed by atoms with van der Waals surface area (Å²) < 4.78 is 0. The lowest BCUT2D eigenvalue weighted by molar-refractivity contribution is 0.0650. The standard InChI is InChI=1S/C23H25N5O2/c29-22-17-7-1-2-8-18(17)23(30)28(22)12-6-5-11-26-13-15-27(16-14-26)21-19-9-3-4-10-20(19)24-25-21/h1-4,7-10H,5-6,11-16H2,(H,24,25). The van der Waals surface area contributed by atoms with Crippen LogP contribution in [0.1, 0.15) is 33.6 Å². The molecule has 1 N–H and O–H groups in total. The molecule has 2 amide bonds. The Bertz CT molecular complexity index is 1050. The number of carbonyl (C=O) groups is 2. The second-order valence-corrected chi connectivity index (χ2v) is 7.94.